The summed E-state index contributed by atoms with van der Waals surface area (Å²) in [5, 5.41) is 0. The molecule has 0 aliphatic rings. The number of rotatable bonds is 4. The third kappa shape index (κ3) is 2.77. The molecular weight excluding hydrogens is 198 g/mol. The first kappa shape index (κ1) is 11.2. The van der Waals surface area contributed by atoms with Crippen LogP contribution in [0.4, 0.5) is 4.79 Å². The molecule has 1 amide bonds. The average molecular weight is 211 g/mol. The lowest BCUT2D eigenvalue weighted by molar-refractivity contribution is 0.149. The van der Waals surface area contributed by atoms with Gasteiger partial charge in [-0.2, -0.15) is 0 Å². The molecule has 0 aliphatic heterocycles. The Morgan fingerprint density at radius 2 is 2.07 bits per heavy atom. The highest BCUT2D eigenvalue weighted by atomic mass is 16.5. The largest absolute Gasteiger partial charge is 0.493 e. The molecule has 5 nitrogen and oxygen atoms in total. The standard InChI is InChI=1S/C10H13NO4/c1-13-8-5-3-4-7(9(8)14-2)6-15-10(11)12/h3-5H,6H2,1-2H3,(H2,11,12). The van der Waals surface area contributed by atoms with Crippen molar-refractivity contribution in [3.05, 3.63) is 23.8 Å². The first-order valence-corrected chi connectivity index (χ1v) is 4.31. The van der Waals surface area contributed by atoms with Crippen molar-refractivity contribution in [1.29, 1.82) is 0 Å². The number of hydrogen-bond donors (Lipinski definition) is 1. The van der Waals surface area contributed by atoms with Crippen LogP contribution in [0.5, 0.6) is 11.5 Å². The second kappa shape index (κ2) is 5.09. The Hall–Kier alpha value is -1.91. The number of ether oxygens (including phenoxy) is 3. The molecule has 0 saturated carbocycles. The fourth-order valence-corrected chi connectivity index (χ4v) is 1.22. The van der Waals surface area contributed by atoms with Crippen LogP contribution in [0.3, 0.4) is 0 Å². The Kier molecular flexibility index (Phi) is 3.79. The number of para-hydroxylation sites is 1. The van der Waals surface area contributed by atoms with E-state index in [2.05, 4.69) is 4.74 Å². The molecule has 15 heavy (non-hydrogen) atoms. The van der Waals surface area contributed by atoms with Crippen molar-refractivity contribution in [2.45, 2.75) is 6.61 Å². The number of carbonyl (C=O) groups excluding carboxylic acids is 1. The minimum Gasteiger partial charge on any atom is -0.493 e. The number of primary amides is 1. The van der Waals surface area contributed by atoms with Gasteiger partial charge in [-0.3, -0.25) is 0 Å². The van der Waals surface area contributed by atoms with Crippen LogP contribution in [0, 0.1) is 0 Å². The molecule has 0 atom stereocenters. The number of nitrogens with two attached hydrogens (primary N) is 1. The molecule has 82 valence electrons. The van der Waals surface area contributed by atoms with Gasteiger partial charge in [-0.25, -0.2) is 4.79 Å². The quantitative estimate of drug-likeness (QED) is 0.814. The van der Waals surface area contributed by atoms with Crippen molar-refractivity contribution >= 4 is 6.09 Å². The minimum absolute atomic E-state index is 0.0652. The lowest BCUT2D eigenvalue weighted by Crippen LogP contribution is -2.13. The molecule has 1 aromatic rings. The number of methoxy groups -OCH3 is 2. The summed E-state index contributed by atoms with van der Waals surface area (Å²) in [6.45, 7) is 0.0652. The van der Waals surface area contributed by atoms with Crippen molar-refractivity contribution in [3.63, 3.8) is 0 Å². The van der Waals surface area contributed by atoms with Crippen molar-refractivity contribution in [3.8, 4) is 11.5 Å². The van der Waals surface area contributed by atoms with Crippen LogP contribution in [0.2, 0.25) is 0 Å². The zero-order valence-electron chi connectivity index (χ0n) is 8.65. The van der Waals surface area contributed by atoms with Gasteiger partial charge in [0.15, 0.2) is 11.5 Å². The Labute approximate surface area is 87.7 Å². The van der Waals surface area contributed by atoms with Crippen LogP contribution in [0.25, 0.3) is 0 Å². The number of benzene rings is 1. The van der Waals surface area contributed by atoms with Gasteiger partial charge in [-0.15, -0.1) is 0 Å². The molecule has 0 fully saturated rings. The summed E-state index contributed by atoms with van der Waals surface area (Å²) < 4.78 is 14.9. The molecule has 0 unspecified atom stereocenters. The molecule has 0 saturated heterocycles. The zero-order chi connectivity index (χ0) is 11.3. The van der Waals surface area contributed by atoms with Gasteiger partial charge in [-0.05, 0) is 6.07 Å². The highest BCUT2D eigenvalue weighted by molar-refractivity contribution is 5.64. The Bertz CT molecular complexity index is 351. The van der Waals surface area contributed by atoms with Crippen molar-refractivity contribution < 1.29 is 19.0 Å². The van der Waals surface area contributed by atoms with Gasteiger partial charge in [0.25, 0.3) is 0 Å². The second-order valence-electron chi connectivity index (χ2n) is 2.76. The molecule has 0 radical (unpaired) electrons. The molecule has 0 bridgehead atoms. The molecule has 0 aliphatic carbocycles. The summed E-state index contributed by atoms with van der Waals surface area (Å²) in [5.41, 5.74) is 5.57. The predicted octanol–water partition coefficient (Wildman–Crippen LogP) is 1.30. The summed E-state index contributed by atoms with van der Waals surface area (Å²) in [4.78, 5) is 10.5. The smallest absolute Gasteiger partial charge is 0.404 e. The van der Waals surface area contributed by atoms with Gasteiger partial charge in [-0.1, -0.05) is 12.1 Å². The maximum absolute atomic E-state index is 10.5. The average Bonchev–Trinajstić information content (AvgIpc) is 2.25. The van der Waals surface area contributed by atoms with Crippen molar-refractivity contribution in [1.82, 2.24) is 0 Å². The molecule has 1 rings (SSSR count). The Morgan fingerprint density at radius 1 is 1.33 bits per heavy atom. The summed E-state index contributed by atoms with van der Waals surface area (Å²) >= 11 is 0. The van der Waals surface area contributed by atoms with E-state index in [-0.39, 0.29) is 6.61 Å². The fraction of sp³-hybridized carbons (Fsp3) is 0.300. The van der Waals surface area contributed by atoms with E-state index in [1.807, 2.05) is 0 Å². The highest BCUT2D eigenvalue weighted by Gasteiger charge is 2.10. The third-order valence-corrected chi connectivity index (χ3v) is 1.85. The first-order valence-electron chi connectivity index (χ1n) is 4.31. The van der Waals surface area contributed by atoms with E-state index in [1.54, 1.807) is 18.2 Å². The van der Waals surface area contributed by atoms with E-state index in [9.17, 15) is 4.79 Å². The van der Waals surface area contributed by atoms with E-state index in [1.165, 1.54) is 14.2 Å². The SMILES string of the molecule is COc1cccc(COC(N)=O)c1OC. The van der Waals surface area contributed by atoms with Gasteiger partial charge in [0.05, 0.1) is 14.2 Å². The molecule has 5 heteroatoms. The van der Waals surface area contributed by atoms with Gasteiger partial charge in [0.1, 0.15) is 6.61 Å². The van der Waals surface area contributed by atoms with Crippen LogP contribution in [-0.4, -0.2) is 20.3 Å². The summed E-state index contributed by atoms with van der Waals surface area (Å²) in [5.74, 6) is 1.13. The van der Waals surface area contributed by atoms with Gasteiger partial charge in [0, 0.05) is 5.56 Å². The number of hydrogen-bond acceptors (Lipinski definition) is 4. The summed E-state index contributed by atoms with van der Waals surface area (Å²) in [6.07, 6.45) is -0.820. The highest BCUT2D eigenvalue weighted by Crippen LogP contribution is 2.30. The fourth-order valence-electron chi connectivity index (χ4n) is 1.22. The van der Waals surface area contributed by atoms with Crippen LogP contribution in [-0.2, 0) is 11.3 Å². The maximum atomic E-state index is 10.5. The second-order valence-corrected chi connectivity index (χ2v) is 2.76. The monoisotopic (exact) mass is 211 g/mol. The van der Waals surface area contributed by atoms with Crippen LogP contribution in [0.15, 0.2) is 18.2 Å². The van der Waals surface area contributed by atoms with Gasteiger partial charge >= 0.3 is 6.09 Å². The molecule has 0 aromatic heterocycles. The van der Waals surface area contributed by atoms with Crippen LogP contribution in [0.1, 0.15) is 5.56 Å². The zero-order valence-corrected chi connectivity index (χ0v) is 8.65. The number of carbonyl (C=O) groups is 1. The minimum atomic E-state index is -0.820. The molecule has 2 N–H and O–H groups in total. The van der Waals surface area contributed by atoms with E-state index in [0.29, 0.717) is 17.1 Å². The topological polar surface area (TPSA) is 70.8 Å². The van der Waals surface area contributed by atoms with E-state index >= 15 is 0 Å². The maximum Gasteiger partial charge on any atom is 0.404 e. The van der Waals surface area contributed by atoms with Gasteiger partial charge in [0.2, 0.25) is 0 Å². The third-order valence-electron chi connectivity index (χ3n) is 1.85. The van der Waals surface area contributed by atoms with Crippen LogP contribution >= 0.6 is 0 Å². The van der Waals surface area contributed by atoms with E-state index in [0.717, 1.165) is 0 Å². The van der Waals surface area contributed by atoms with E-state index < -0.39 is 6.09 Å². The first-order chi connectivity index (χ1) is 7.19. The van der Waals surface area contributed by atoms with Crippen molar-refractivity contribution in [2.24, 2.45) is 5.73 Å². The lowest BCUT2D eigenvalue weighted by Gasteiger charge is -2.11. The summed E-state index contributed by atoms with van der Waals surface area (Å²) in [6, 6.07) is 5.30. The van der Waals surface area contributed by atoms with Crippen molar-refractivity contribution in [2.75, 3.05) is 14.2 Å². The number of amides is 1. The molecule has 0 heterocycles. The molecule has 0 spiro atoms. The molecule has 1 aromatic carbocycles. The van der Waals surface area contributed by atoms with Crippen LogP contribution < -0.4 is 15.2 Å². The lowest BCUT2D eigenvalue weighted by atomic mass is 10.2. The molecular formula is C10H13NO4. The predicted molar refractivity (Wildman–Crippen MR) is 53.9 cm³/mol. The Balaban J connectivity index is 2.90. The van der Waals surface area contributed by atoms with Gasteiger partial charge < -0.3 is 19.9 Å². The Morgan fingerprint density at radius 3 is 2.60 bits per heavy atom. The summed E-state index contributed by atoms with van der Waals surface area (Å²) in [7, 11) is 3.06. The normalized spacial score (nSPS) is 9.47. The van der Waals surface area contributed by atoms with E-state index in [4.69, 9.17) is 15.2 Å².